The van der Waals surface area contributed by atoms with Crippen LogP contribution in [0.15, 0.2) is 24.3 Å². The van der Waals surface area contributed by atoms with Crippen molar-refractivity contribution in [3.8, 4) is 0 Å². The van der Waals surface area contributed by atoms with Gasteiger partial charge in [0.05, 0.1) is 24.3 Å². The van der Waals surface area contributed by atoms with Gasteiger partial charge in [0.1, 0.15) is 4.88 Å². The van der Waals surface area contributed by atoms with Crippen LogP contribution in [0.2, 0.25) is 0 Å². The lowest BCUT2D eigenvalue weighted by Gasteiger charge is -2.23. The highest BCUT2D eigenvalue weighted by atomic mass is 32.1. The molecule has 24 heavy (non-hydrogen) atoms. The Morgan fingerprint density at radius 2 is 1.92 bits per heavy atom. The normalized spacial score (nSPS) is 11.2. The summed E-state index contributed by atoms with van der Waals surface area (Å²) in [5, 5.41) is 18.5. The van der Waals surface area contributed by atoms with Crippen molar-refractivity contribution in [3.63, 3.8) is 0 Å². The summed E-state index contributed by atoms with van der Waals surface area (Å²) >= 11 is 1.05. The molecule has 0 radical (unpaired) electrons. The number of anilines is 1. The van der Waals surface area contributed by atoms with Gasteiger partial charge in [-0.3, -0.25) is 9.59 Å². The molecule has 1 aromatic heterocycles. The van der Waals surface area contributed by atoms with Crippen LogP contribution < -0.4 is 10.6 Å². The van der Waals surface area contributed by atoms with Crippen molar-refractivity contribution in [1.82, 2.24) is 14.9 Å². The van der Waals surface area contributed by atoms with E-state index in [4.69, 9.17) is 5.11 Å². The van der Waals surface area contributed by atoms with Crippen LogP contribution >= 0.6 is 11.5 Å². The lowest BCUT2D eigenvalue weighted by atomic mass is 10.1. The fourth-order valence-electron chi connectivity index (χ4n) is 1.98. The molecule has 0 fully saturated rings. The van der Waals surface area contributed by atoms with E-state index in [2.05, 4.69) is 20.2 Å². The third kappa shape index (κ3) is 4.84. The maximum absolute atomic E-state index is 12.1. The van der Waals surface area contributed by atoms with E-state index >= 15 is 0 Å². The van der Waals surface area contributed by atoms with Gasteiger partial charge in [0.15, 0.2) is 0 Å². The summed E-state index contributed by atoms with van der Waals surface area (Å²) in [6.45, 7) is 5.10. The molecule has 0 bridgehead atoms. The molecule has 7 nitrogen and oxygen atoms in total. The Balaban J connectivity index is 1.95. The fourth-order valence-corrected chi connectivity index (χ4v) is 2.53. The summed E-state index contributed by atoms with van der Waals surface area (Å²) in [4.78, 5) is 24.5. The molecule has 2 amide bonds. The summed E-state index contributed by atoms with van der Waals surface area (Å²) in [5.41, 5.74) is 1.39. The number of carbonyl (C=O) groups is 2. The quantitative estimate of drug-likeness (QED) is 0.734. The summed E-state index contributed by atoms with van der Waals surface area (Å²) in [7, 11) is 0. The first-order valence-electron chi connectivity index (χ1n) is 7.42. The van der Waals surface area contributed by atoms with Crippen molar-refractivity contribution >= 4 is 29.0 Å². The number of hydrogen-bond donors (Lipinski definition) is 3. The van der Waals surface area contributed by atoms with Crippen molar-refractivity contribution in [3.05, 3.63) is 40.4 Å². The van der Waals surface area contributed by atoms with Crippen LogP contribution in [0.4, 0.5) is 5.69 Å². The number of carbonyl (C=O) groups excluding carboxylic acids is 2. The number of rotatable bonds is 6. The summed E-state index contributed by atoms with van der Waals surface area (Å²) in [5.74, 6) is -0.421. The highest BCUT2D eigenvalue weighted by Crippen LogP contribution is 2.15. The number of aromatic nitrogens is 2. The van der Waals surface area contributed by atoms with E-state index in [0.717, 1.165) is 17.1 Å². The van der Waals surface area contributed by atoms with Gasteiger partial charge in [-0.2, -0.15) is 0 Å². The Morgan fingerprint density at radius 3 is 2.46 bits per heavy atom. The first kappa shape index (κ1) is 18.0. The number of aryl methyl sites for hydroxylation is 1. The minimum Gasteiger partial charge on any atom is -0.394 e. The number of aliphatic hydroxyl groups excluding tert-OH is 1. The van der Waals surface area contributed by atoms with E-state index in [1.54, 1.807) is 45.0 Å². The van der Waals surface area contributed by atoms with Crippen molar-refractivity contribution < 1.29 is 14.7 Å². The molecule has 128 valence electrons. The molecule has 2 aromatic rings. The van der Waals surface area contributed by atoms with E-state index in [1.807, 2.05) is 0 Å². The largest absolute Gasteiger partial charge is 0.394 e. The Labute approximate surface area is 144 Å². The first-order chi connectivity index (χ1) is 11.3. The van der Waals surface area contributed by atoms with Gasteiger partial charge in [0, 0.05) is 5.69 Å². The highest BCUT2D eigenvalue weighted by molar-refractivity contribution is 7.08. The van der Waals surface area contributed by atoms with E-state index in [1.165, 1.54) is 0 Å². The summed E-state index contributed by atoms with van der Waals surface area (Å²) in [6, 6.07) is 7.03. The maximum Gasteiger partial charge on any atom is 0.269 e. The topological polar surface area (TPSA) is 104 Å². The zero-order valence-corrected chi connectivity index (χ0v) is 14.6. The molecule has 0 unspecified atom stereocenters. The lowest BCUT2D eigenvalue weighted by Crippen LogP contribution is -2.46. The third-order valence-corrected chi connectivity index (χ3v) is 4.13. The van der Waals surface area contributed by atoms with Crippen molar-refractivity contribution in [2.24, 2.45) is 0 Å². The maximum atomic E-state index is 12.1. The van der Waals surface area contributed by atoms with Gasteiger partial charge in [-0.15, -0.1) is 5.10 Å². The molecule has 0 saturated carbocycles. The summed E-state index contributed by atoms with van der Waals surface area (Å²) < 4.78 is 3.74. The molecule has 0 aliphatic carbocycles. The summed E-state index contributed by atoms with van der Waals surface area (Å²) in [6.07, 6.45) is 0.204. The average molecular weight is 348 g/mol. The number of nitrogens with one attached hydrogen (secondary N) is 2. The predicted molar refractivity (Wildman–Crippen MR) is 92.1 cm³/mol. The molecule has 0 saturated heterocycles. The molecule has 0 aliphatic rings. The molecule has 1 heterocycles. The molecular formula is C16H20N4O3S. The zero-order valence-electron chi connectivity index (χ0n) is 13.8. The molecular weight excluding hydrogens is 328 g/mol. The van der Waals surface area contributed by atoms with Crippen LogP contribution in [0.1, 0.15) is 34.8 Å². The van der Waals surface area contributed by atoms with Crippen molar-refractivity contribution in [2.75, 3.05) is 11.9 Å². The van der Waals surface area contributed by atoms with Gasteiger partial charge in [-0.1, -0.05) is 16.6 Å². The van der Waals surface area contributed by atoms with E-state index in [0.29, 0.717) is 16.3 Å². The molecule has 0 atom stereocenters. The number of nitrogens with zero attached hydrogens (tertiary/aromatic N) is 2. The average Bonchev–Trinajstić information content (AvgIpc) is 2.95. The van der Waals surface area contributed by atoms with Crippen LogP contribution in [0, 0.1) is 6.92 Å². The Morgan fingerprint density at radius 1 is 1.25 bits per heavy atom. The fraction of sp³-hybridized carbons (Fsp3) is 0.375. The van der Waals surface area contributed by atoms with Gasteiger partial charge in [0.2, 0.25) is 5.91 Å². The molecule has 3 N–H and O–H groups in total. The van der Waals surface area contributed by atoms with E-state index < -0.39 is 5.54 Å². The van der Waals surface area contributed by atoms with Crippen LogP contribution in [0.25, 0.3) is 0 Å². The highest BCUT2D eigenvalue weighted by Gasteiger charge is 2.19. The molecule has 2 rings (SSSR count). The number of benzene rings is 1. The minimum absolute atomic E-state index is 0.129. The minimum atomic E-state index is -0.647. The van der Waals surface area contributed by atoms with Crippen LogP contribution in [0.5, 0.6) is 0 Å². The smallest absolute Gasteiger partial charge is 0.269 e. The Kier molecular flexibility index (Phi) is 5.63. The first-order valence-corrected chi connectivity index (χ1v) is 8.19. The van der Waals surface area contributed by atoms with Gasteiger partial charge in [-0.25, -0.2) is 0 Å². The number of amides is 2. The standard InChI is InChI=1S/C16H20N4O3S/c1-10-14(24-20-19-10)15(23)17-12-6-4-11(5-7-12)8-13(22)18-16(2,3)9-21/h4-7,21H,8-9H2,1-3H3,(H,17,23)(H,18,22). The lowest BCUT2D eigenvalue weighted by molar-refractivity contribution is -0.122. The van der Waals surface area contributed by atoms with Crippen molar-refractivity contribution in [2.45, 2.75) is 32.7 Å². The molecule has 8 heteroatoms. The van der Waals surface area contributed by atoms with E-state index in [-0.39, 0.29) is 24.8 Å². The van der Waals surface area contributed by atoms with Gasteiger partial charge in [-0.05, 0) is 50.0 Å². The Hall–Kier alpha value is -2.32. The monoisotopic (exact) mass is 348 g/mol. The molecule has 0 spiro atoms. The van der Waals surface area contributed by atoms with Crippen LogP contribution in [0.3, 0.4) is 0 Å². The second-order valence-electron chi connectivity index (χ2n) is 6.11. The number of hydrogen-bond acceptors (Lipinski definition) is 6. The van der Waals surface area contributed by atoms with Gasteiger partial charge < -0.3 is 15.7 Å². The van der Waals surface area contributed by atoms with E-state index in [9.17, 15) is 9.59 Å². The van der Waals surface area contributed by atoms with Crippen LogP contribution in [-0.4, -0.2) is 38.7 Å². The number of aliphatic hydroxyl groups is 1. The van der Waals surface area contributed by atoms with Crippen molar-refractivity contribution in [1.29, 1.82) is 0 Å². The SMILES string of the molecule is Cc1nnsc1C(=O)Nc1ccc(CC(=O)NC(C)(C)CO)cc1. The molecule has 1 aromatic carbocycles. The Bertz CT molecular complexity index is 725. The van der Waals surface area contributed by atoms with Gasteiger partial charge in [0.25, 0.3) is 5.91 Å². The molecule has 0 aliphatic heterocycles. The zero-order chi connectivity index (χ0) is 17.7. The second-order valence-corrected chi connectivity index (χ2v) is 6.86. The second kappa shape index (κ2) is 7.50. The third-order valence-electron chi connectivity index (χ3n) is 3.31. The van der Waals surface area contributed by atoms with Crippen LogP contribution in [-0.2, 0) is 11.2 Å². The van der Waals surface area contributed by atoms with Gasteiger partial charge >= 0.3 is 0 Å². The predicted octanol–water partition coefficient (Wildman–Crippen LogP) is 1.53.